The summed E-state index contributed by atoms with van der Waals surface area (Å²) in [6.07, 6.45) is -4.82. The van der Waals surface area contributed by atoms with Crippen molar-refractivity contribution in [3.8, 4) is 0 Å². The number of pyridine rings is 1. The van der Waals surface area contributed by atoms with Crippen molar-refractivity contribution < 1.29 is 56.5 Å². The number of phosphoric acid groups is 1. The molecule has 8 N–H and O–H groups in total. The van der Waals surface area contributed by atoms with E-state index >= 15 is 0 Å². The quantitative estimate of drug-likeness (QED) is 0.0921. The minimum absolute atomic E-state index is 0.0243. The summed E-state index contributed by atoms with van der Waals surface area (Å²) in [5.41, 5.74) is 12.3. The van der Waals surface area contributed by atoms with Crippen LogP contribution >= 0.6 is 14.5 Å². The number of fused-ring (bicyclic) bond motifs is 2. The predicted octanol–water partition coefficient (Wildman–Crippen LogP) is -0.703. The van der Waals surface area contributed by atoms with Gasteiger partial charge in [0.1, 0.15) is 42.1 Å². The molecule has 49 heavy (non-hydrogen) atoms. The molecule has 22 nitrogen and oxygen atoms in total. The van der Waals surface area contributed by atoms with Gasteiger partial charge in [0.2, 0.25) is 5.95 Å². The maximum absolute atomic E-state index is 12.4. The third-order valence-electron chi connectivity index (χ3n) is 7.92. The first-order chi connectivity index (χ1) is 23.3. The van der Waals surface area contributed by atoms with Crippen molar-refractivity contribution >= 4 is 60.3 Å². The van der Waals surface area contributed by atoms with Crippen LogP contribution in [0.5, 0.6) is 0 Å². The second-order valence-electron chi connectivity index (χ2n) is 10.8. The molecule has 6 heterocycles. The monoisotopic (exact) mass is 749 g/mol. The fraction of sp³-hybridized carbons (Fsp3) is 0.542. The van der Waals surface area contributed by atoms with Gasteiger partial charge in [-0.2, -0.15) is 4.98 Å². The molecule has 10 atom stereocenters. The number of aliphatic hydroxyl groups excluding tert-OH is 1. The summed E-state index contributed by atoms with van der Waals surface area (Å²) in [4.78, 5) is 52.6. The molecule has 6 rings (SSSR count). The van der Waals surface area contributed by atoms with Gasteiger partial charge < -0.3 is 49.8 Å². The van der Waals surface area contributed by atoms with E-state index < -0.39 is 82.4 Å². The highest BCUT2D eigenvalue weighted by Gasteiger charge is 2.51. The van der Waals surface area contributed by atoms with Crippen LogP contribution in [0.4, 0.5) is 11.6 Å². The molecular formula is C24H33N9O13P2S. The van der Waals surface area contributed by atoms with E-state index in [9.17, 15) is 24.3 Å². The average Bonchev–Trinajstić information content (AvgIpc) is 3.82. The van der Waals surface area contributed by atoms with Gasteiger partial charge in [-0.15, -0.1) is 0 Å². The summed E-state index contributed by atoms with van der Waals surface area (Å²) < 4.78 is 59.4. The SMILES string of the molecule is COC1[C@@H](O)[C@@H](COP(O)(=S)O[C@@H]2C(OC)[C@H](n3cnc4c(=O)[nH]c(N)nc43)O[C@@H]2COP(=O)(O)OC)O[C@H]1n1cnc2c(N)ccnc21. The zero-order valence-corrected chi connectivity index (χ0v) is 28.5. The van der Waals surface area contributed by atoms with Crippen molar-refractivity contribution in [1.29, 1.82) is 0 Å². The molecule has 4 aromatic heterocycles. The van der Waals surface area contributed by atoms with Crippen molar-refractivity contribution in [2.24, 2.45) is 0 Å². The molecule has 2 aliphatic heterocycles. The lowest BCUT2D eigenvalue weighted by Gasteiger charge is -2.28. The van der Waals surface area contributed by atoms with Crippen LogP contribution in [0.25, 0.3) is 22.3 Å². The average molecular weight is 750 g/mol. The van der Waals surface area contributed by atoms with Crippen molar-refractivity contribution in [1.82, 2.24) is 34.1 Å². The number of nitrogens with two attached hydrogens (primary N) is 2. The number of hydrogen-bond acceptors (Lipinski definition) is 18. The maximum Gasteiger partial charge on any atom is 0.472 e. The Balaban J connectivity index is 1.22. The fourth-order valence-corrected chi connectivity index (χ4v) is 7.50. The summed E-state index contributed by atoms with van der Waals surface area (Å²) in [7, 11) is -0.849. The number of imidazole rings is 2. The number of nitrogen functional groups attached to an aromatic ring is 2. The second kappa shape index (κ2) is 14.0. The third kappa shape index (κ3) is 7.01. The molecule has 0 saturated carbocycles. The van der Waals surface area contributed by atoms with Crippen LogP contribution in [0.2, 0.25) is 0 Å². The van der Waals surface area contributed by atoms with Gasteiger partial charge in [-0.05, 0) is 17.9 Å². The maximum atomic E-state index is 12.4. The van der Waals surface area contributed by atoms with Crippen LogP contribution in [0.15, 0.2) is 29.7 Å². The van der Waals surface area contributed by atoms with Crippen LogP contribution in [0, 0.1) is 0 Å². The van der Waals surface area contributed by atoms with Crippen molar-refractivity contribution in [3.05, 3.63) is 35.3 Å². The van der Waals surface area contributed by atoms with Crippen LogP contribution in [-0.2, 0) is 53.4 Å². The van der Waals surface area contributed by atoms with Gasteiger partial charge in [-0.25, -0.2) is 19.5 Å². The fourth-order valence-electron chi connectivity index (χ4n) is 5.62. The van der Waals surface area contributed by atoms with Crippen LogP contribution < -0.4 is 17.0 Å². The smallest absolute Gasteiger partial charge is 0.397 e. The molecule has 0 amide bonds. The number of phosphoric ester groups is 1. The van der Waals surface area contributed by atoms with Gasteiger partial charge in [-0.3, -0.25) is 32.5 Å². The first-order valence-electron chi connectivity index (χ1n) is 14.3. The summed E-state index contributed by atoms with van der Waals surface area (Å²) in [5, 5.41) is 11.1. The lowest BCUT2D eigenvalue weighted by molar-refractivity contribution is -0.0596. The van der Waals surface area contributed by atoms with Gasteiger partial charge in [0.25, 0.3) is 5.56 Å². The molecule has 2 aliphatic rings. The largest absolute Gasteiger partial charge is 0.472 e. The Bertz CT molecular complexity index is 1980. The van der Waals surface area contributed by atoms with E-state index in [1.807, 2.05) is 0 Å². The van der Waals surface area contributed by atoms with E-state index in [2.05, 4.69) is 29.4 Å². The number of anilines is 2. The van der Waals surface area contributed by atoms with Crippen LogP contribution in [0.3, 0.4) is 0 Å². The Morgan fingerprint density at radius 1 is 0.939 bits per heavy atom. The number of ether oxygens (including phenoxy) is 4. The minimum Gasteiger partial charge on any atom is -0.397 e. The number of hydrogen-bond donors (Lipinski definition) is 6. The van der Waals surface area contributed by atoms with Gasteiger partial charge >= 0.3 is 14.5 Å². The number of aromatic nitrogens is 7. The number of nitrogens with one attached hydrogen (secondary N) is 1. The molecule has 0 aliphatic carbocycles. The predicted molar refractivity (Wildman–Crippen MR) is 170 cm³/mol. The number of aromatic amines is 1. The molecule has 2 fully saturated rings. The molecule has 4 unspecified atom stereocenters. The van der Waals surface area contributed by atoms with E-state index in [1.165, 1.54) is 37.6 Å². The third-order valence-corrected chi connectivity index (χ3v) is 10.4. The summed E-state index contributed by atoms with van der Waals surface area (Å²) in [6, 6.07) is 1.59. The number of H-pyrrole nitrogens is 1. The lowest BCUT2D eigenvalue weighted by Crippen LogP contribution is -2.38. The van der Waals surface area contributed by atoms with E-state index in [-0.39, 0.29) is 17.1 Å². The summed E-state index contributed by atoms with van der Waals surface area (Å²) in [6.45, 7) is -5.31. The standard InChI is InChI=1S/C24H33N9O13P2S/c1-39-17-15(34)11(44-22(17)32-8-28-13-10(25)4-5-27-19(13)32)6-43-48(38,49)46-16-12(7-42-47(36,37)41-3)45-23(18(16)40-2)33-9-29-14-20(33)30-24(26)31-21(14)35/h4-5,8-9,11-12,15-18,22-23,34H,6-7H2,1-3H3,(H2,25,27)(H,36,37)(H,38,49)(H3,26,30,31,35)/t11-,12-,15+,16+,17?,18?,22-,23-,48?/m1/s1. The Hall–Kier alpha value is -2.99. The lowest BCUT2D eigenvalue weighted by atomic mass is 10.1. The molecule has 4 aromatic rings. The van der Waals surface area contributed by atoms with Gasteiger partial charge in [0.05, 0.1) is 31.6 Å². The highest BCUT2D eigenvalue weighted by atomic mass is 32.5. The number of nitrogens with zero attached hydrogens (tertiary/aromatic N) is 6. The van der Waals surface area contributed by atoms with E-state index in [1.54, 1.807) is 10.6 Å². The summed E-state index contributed by atoms with van der Waals surface area (Å²) in [5.74, 6) is -0.199. The van der Waals surface area contributed by atoms with Crippen molar-refractivity contribution in [2.45, 2.75) is 49.1 Å². The zero-order chi connectivity index (χ0) is 35.2. The van der Waals surface area contributed by atoms with Crippen molar-refractivity contribution in [2.75, 3.05) is 46.0 Å². The van der Waals surface area contributed by atoms with Crippen molar-refractivity contribution in [3.63, 3.8) is 0 Å². The second-order valence-corrected chi connectivity index (χ2v) is 15.2. The number of aliphatic hydroxyl groups is 1. The molecule has 0 aromatic carbocycles. The molecule has 0 spiro atoms. The van der Waals surface area contributed by atoms with Gasteiger partial charge in [-0.1, -0.05) is 0 Å². The molecular weight excluding hydrogens is 716 g/mol. The van der Waals surface area contributed by atoms with Gasteiger partial charge in [0.15, 0.2) is 29.3 Å². The van der Waals surface area contributed by atoms with Gasteiger partial charge in [0, 0.05) is 27.5 Å². The molecule has 2 saturated heterocycles. The summed E-state index contributed by atoms with van der Waals surface area (Å²) >= 11 is 5.32. The molecule has 268 valence electrons. The van der Waals surface area contributed by atoms with E-state index in [0.717, 1.165) is 7.11 Å². The number of rotatable bonds is 13. The first-order valence-corrected chi connectivity index (χ1v) is 18.4. The Morgan fingerprint density at radius 2 is 1.57 bits per heavy atom. The topological polar surface area (TPSA) is 298 Å². The highest BCUT2D eigenvalue weighted by molar-refractivity contribution is 8.07. The first kappa shape index (κ1) is 35.8. The van der Waals surface area contributed by atoms with Crippen LogP contribution in [0.1, 0.15) is 12.5 Å². The van der Waals surface area contributed by atoms with E-state index in [0.29, 0.717) is 16.9 Å². The minimum atomic E-state index is -4.51. The number of methoxy groups -OCH3 is 2. The Morgan fingerprint density at radius 3 is 2.27 bits per heavy atom. The molecule has 25 heteroatoms. The van der Waals surface area contributed by atoms with E-state index in [4.69, 9.17) is 55.8 Å². The van der Waals surface area contributed by atoms with Crippen LogP contribution in [-0.4, -0.2) is 120 Å². The normalized spacial score (nSPS) is 29.8. The highest BCUT2D eigenvalue weighted by Crippen LogP contribution is 2.51. The Kier molecular flexibility index (Phi) is 10.2. The molecule has 0 bridgehead atoms. The zero-order valence-electron chi connectivity index (χ0n) is 25.9. The molecule has 0 radical (unpaired) electrons. The Labute approximate surface area is 281 Å².